The van der Waals surface area contributed by atoms with Crippen LogP contribution in [0, 0.1) is 0 Å². The van der Waals surface area contributed by atoms with Crippen LogP contribution in [0.4, 0.5) is 0 Å². The zero-order chi connectivity index (χ0) is 25.7. The van der Waals surface area contributed by atoms with Crippen LogP contribution in [-0.2, 0) is 14.2 Å². The summed E-state index contributed by atoms with van der Waals surface area (Å²) in [5.41, 5.74) is 0. The number of hydrogen-bond acceptors (Lipinski definition) is 3. The molecule has 2 unspecified atom stereocenters. The van der Waals surface area contributed by atoms with Crippen molar-refractivity contribution in [2.45, 2.75) is 142 Å². The minimum atomic E-state index is -0.432. The lowest BCUT2D eigenvalue weighted by Crippen LogP contribution is -2.22. The summed E-state index contributed by atoms with van der Waals surface area (Å²) in [6.45, 7) is 4.54. The minimum Gasteiger partial charge on any atom is -0.352 e. The van der Waals surface area contributed by atoms with Gasteiger partial charge in [-0.1, -0.05) is 140 Å². The molecule has 204 valence electrons. The van der Waals surface area contributed by atoms with E-state index < -0.39 is 12.6 Å². The average Bonchev–Trinajstić information content (AvgIpc) is 2.88. The van der Waals surface area contributed by atoms with Crippen LogP contribution in [0.25, 0.3) is 0 Å². The third kappa shape index (κ3) is 25.7. The summed E-state index contributed by atoms with van der Waals surface area (Å²) in [5, 5.41) is 0. The Morgan fingerprint density at radius 2 is 0.800 bits per heavy atom. The van der Waals surface area contributed by atoms with Gasteiger partial charge < -0.3 is 14.2 Å². The molecule has 0 fully saturated rings. The molecule has 35 heavy (non-hydrogen) atoms. The molecule has 0 aliphatic carbocycles. The Balaban J connectivity index is 3.92. The highest BCUT2D eigenvalue weighted by Crippen LogP contribution is 2.11. The van der Waals surface area contributed by atoms with Crippen LogP contribution in [0.1, 0.15) is 129 Å². The lowest BCUT2D eigenvalue weighted by molar-refractivity contribution is -0.188. The van der Waals surface area contributed by atoms with E-state index in [0.717, 1.165) is 12.8 Å². The molecule has 0 bridgehead atoms. The summed E-state index contributed by atoms with van der Waals surface area (Å²) in [5.74, 6) is 0. The van der Waals surface area contributed by atoms with Gasteiger partial charge in [-0.25, -0.2) is 0 Å². The highest BCUT2D eigenvalue weighted by Gasteiger charge is 2.09. The van der Waals surface area contributed by atoms with Gasteiger partial charge in [-0.05, 0) is 37.8 Å². The second-order valence-corrected chi connectivity index (χ2v) is 9.50. The van der Waals surface area contributed by atoms with E-state index in [1.165, 1.54) is 103 Å². The standard InChI is InChI=1S/C32H58O3/c1-5-7-9-11-13-15-17-19-21-23-25-27-29-31(33-3)35-32(34-4)30-28-26-24-22-20-18-16-14-12-10-8-6-2/h23-32H,5-22H2,1-4H3/b25-23+,26-24+,29-27+,30-28+. The molecule has 3 nitrogen and oxygen atoms in total. The smallest absolute Gasteiger partial charge is 0.180 e. The summed E-state index contributed by atoms with van der Waals surface area (Å²) in [6, 6.07) is 0. The van der Waals surface area contributed by atoms with Gasteiger partial charge in [-0.15, -0.1) is 0 Å². The number of allylic oxidation sites excluding steroid dienone is 6. The molecule has 0 aromatic rings. The Morgan fingerprint density at radius 1 is 0.457 bits per heavy atom. The molecule has 0 aliphatic heterocycles. The lowest BCUT2D eigenvalue weighted by Gasteiger charge is -2.17. The van der Waals surface area contributed by atoms with Crippen LogP contribution in [0.5, 0.6) is 0 Å². The van der Waals surface area contributed by atoms with Crippen molar-refractivity contribution in [3.63, 3.8) is 0 Å². The first kappa shape index (κ1) is 33.8. The van der Waals surface area contributed by atoms with Crippen LogP contribution < -0.4 is 0 Å². The summed E-state index contributed by atoms with van der Waals surface area (Å²) in [7, 11) is 3.30. The first-order valence-corrected chi connectivity index (χ1v) is 14.7. The third-order valence-corrected chi connectivity index (χ3v) is 6.21. The Morgan fingerprint density at radius 3 is 1.14 bits per heavy atom. The summed E-state index contributed by atoms with van der Waals surface area (Å²) < 4.78 is 16.7. The topological polar surface area (TPSA) is 27.7 Å². The van der Waals surface area contributed by atoms with Crippen molar-refractivity contribution >= 4 is 0 Å². The maximum atomic E-state index is 5.86. The largest absolute Gasteiger partial charge is 0.352 e. The molecule has 0 amide bonds. The number of hydrogen-bond donors (Lipinski definition) is 0. The van der Waals surface area contributed by atoms with Crippen LogP contribution in [0.2, 0.25) is 0 Å². The second kappa shape index (κ2) is 29.1. The highest BCUT2D eigenvalue weighted by molar-refractivity contribution is 5.05. The van der Waals surface area contributed by atoms with Crippen molar-refractivity contribution in [2.24, 2.45) is 0 Å². The monoisotopic (exact) mass is 490 g/mol. The summed E-state index contributed by atoms with van der Waals surface area (Å²) >= 11 is 0. The van der Waals surface area contributed by atoms with Crippen molar-refractivity contribution < 1.29 is 14.2 Å². The van der Waals surface area contributed by atoms with Gasteiger partial charge in [0.25, 0.3) is 0 Å². The molecule has 0 spiro atoms. The maximum Gasteiger partial charge on any atom is 0.180 e. The van der Waals surface area contributed by atoms with Crippen LogP contribution in [0.3, 0.4) is 0 Å². The van der Waals surface area contributed by atoms with E-state index in [9.17, 15) is 0 Å². The van der Waals surface area contributed by atoms with Crippen molar-refractivity contribution in [3.05, 3.63) is 48.6 Å². The number of unbranched alkanes of at least 4 members (excludes halogenated alkanes) is 16. The van der Waals surface area contributed by atoms with E-state index in [0.29, 0.717) is 0 Å². The number of ether oxygens (including phenoxy) is 3. The van der Waals surface area contributed by atoms with Gasteiger partial charge in [-0.3, -0.25) is 0 Å². The Labute approximate surface area is 219 Å². The molecule has 0 rings (SSSR count). The van der Waals surface area contributed by atoms with Gasteiger partial charge >= 0.3 is 0 Å². The van der Waals surface area contributed by atoms with Gasteiger partial charge in [0.05, 0.1) is 0 Å². The SMILES string of the molecule is CCCCCCCCCC/C=C/C=C/C(OC)OC(/C=C/C=C/CCCCCCCCCC)OC. The lowest BCUT2D eigenvalue weighted by atomic mass is 10.1. The predicted molar refractivity (Wildman–Crippen MR) is 154 cm³/mol. The van der Waals surface area contributed by atoms with E-state index in [-0.39, 0.29) is 0 Å². The van der Waals surface area contributed by atoms with Gasteiger partial charge in [0.1, 0.15) is 0 Å². The average molecular weight is 491 g/mol. The van der Waals surface area contributed by atoms with E-state index in [1.807, 2.05) is 24.3 Å². The molecular formula is C32H58O3. The molecular weight excluding hydrogens is 432 g/mol. The Bertz CT molecular complexity index is 475. The highest BCUT2D eigenvalue weighted by atomic mass is 16.8. The fraction of sp³-hybridized carbons (Fsp3) is 0.750. The summed E-state index contributed by atoms with van der Waals surface area (Å²) in [6.07, 6.45) is 39.6. The van der Waals surface area contributed by atoms with Gasteiger partial charge in [0, 0.05) is 14.2 Å². The third-order valence-electron chi connectivity index (χ3n) is 6.21. The van der Waals surface area contributed by atoms with Crippen LogP contribution in [0.15, 0.2) is 48.6 Å². The molecule has 0 aliphatic rings. The van der Waals surface area contributed by atoms with E-state index >= 15 is 0 Å². The molecule has 0 radical (unpaired) electrons. The predicted octanol–water partition coefficient (Wildman–Crippen LogP) is 10.2. The van der Waals surface area contributed by atoms with Gasteiger partial charge in [0.15, 0.2) is 12.6 Å². The van der Waals surface area contributed by atoms with Crippen molar-refractivity contribution in [3.8, 4) is 0 Å². The van der Waals surface area contributed by atoms with Crippen molar-refractivity contribution in [2.75, 3.05) is 14.2 Å². The molecule has 0 saturated heterocycles. The van der Waals surface area contributed by atoms with Gasteiger partial charge in [-0.2, -0.15) is 0 Å². The fourth-order valence-corrected chi connectivity index (χ4v) is 3.94. The molecule has 0 N–H and O–H groups in total. The molecule has 0 aromatic carbocycles. The van der Waals surface area contributed by atoms with Gasteiger partial charge in [0.2, 0.25) is 0 Å². The first-order valence-electron chi connectivity index (χ1n) is 14.7. The zero-order valence-electron chi connectivity index (χ0n) is 23.7. The first-order chi connectivity index (χ1) is 17.3. The second-order valence-electron chi connectivity index (χ2n) is 9.50. The van der Waals surface area contributed by atoms with E-state index in [4.69, 9.17) is 14.2 Å². The molecule has 0 saturated carbocycles. The quantitative estimate of drug-likeness (QED) is 0.0685. The summed E-state index contributed by atoms with van der Waals surface area (Å²) in [4.78, 5) is 0. The molecule has 0 heterocycles. The molecule has 0 aromatic heterocycles. The van der Waals surface area contributed by atoms with Crippen LogP contribution >= 0.6 is 0 Å². The number of methoxy groups -OCH3 is 2. The van der Waals surface area contributed by atoms with Crippen molar-refractivity contribution in [1.82, 2.24) is 0 Å². The Hall–Kier alpha value is -1.16. The van der Waals surface area contributed by atoms with E-state index in [2.05, 4.69) is 38.2 Å². The van der Waals surface area contributed by atoms with E-state index in [1.54, 1.807) is 14.2 Å². The Kier molecular flexibility index (Phi) is 28.1. The van der Waals surface area contributed by atoms with Crippen LogP contribution in [-0.4, -0.2) is 26.8 Å². The van der Waals surface area contributed by atoms with Crippen molar-refractivity contribution in [1.29, 1.82) is 0 Å². The fourth-order valence-electron chi connectivity index (χ4n) is 3.94. The maximum absolute atomic E-state index is 5.86. The zero-order valence-corrected chi connectivity index (χ0v) is 23.7. The molecule has 3 heteroatoms. The normalized spacial score (nSPS) is 14.3. The number of rotatable bonds is 26. The minimum absolute atomic E-state index is 0.432. The molecule has 2 atom stereocenters.